The summed E-state index contributed by atoms with van der Waals surface area (Å²) in [5.74, 6) is -1.19. The van der Waals surface area contributed by atoms with Crippen molar-refractivity contribution in [3.8, 4) is 5.75 Å². The predicted molar refractivity (Wildman–Crippen MR) is 107 cm³/mol. The third-order valence-electron chi connectivity index (χ3n) is 5.26. The molecule has 0 bridgehead atoms. The number of rotatable bonds is 5. The number of carbonyl (C=O) groups excluding carboxylic acids is 2. The Hall–Kier alpha value is -2.38. The molecule has 0 unspecified atom stereocenters. The molecular formula is C21H21BrN2O4. The summed E-state index contributed by atoms with van der Waals surface area (Å²) < 4.78 is 0.774. The fourth-order valence-electron chi connectivity index (χ4n) is 3.89. The lowest BCUT2D eigenvalue weighted by Crippen LogP contribution is -2.37. The molecule has 7 heteroatoms. The van der Waals surface area contributed by atoms with Crippen LogP contribution in [-0.4, -0.2) is 34.5 Å². The minimum atomic E-state index is -0.882. The highest BCUT2D eigenvalue weighted by Crippen LogP contribution is 2.49. The SMILES string of the molecule is CCCCN1C(=O)[C@@H]2[C@@H](c3cc(Br)ccc3O)N(c3ccccc3)O[C@H]2C1=O. The number of fused-ring (bicyclic) bond motifs is 1. The number of hydrogen-bond donors (Lipinski definition) is 1. The van der Waals surface area contributed by atoms with Crippen molar-refractivity contribution in [3.05, 3.63) is 58.6 Å². The molecule has 4 rings (SSSR count). The highest BCUT2D eigenvalue weighted by Gasteiger charge is 2.60. The monoisotopic (exact) mass is 444 g/mol. The van der Waals surface area contributed by atoms with Crippen LogP contribution in [0.2, 0.25) is 0 Å². The van der Waals surface area contributed by atoms with E-state index in [0.29, 0.717) is 12.1 Å². The number of nitrogens with zero attached hydrogens (tertiary/aromatic N) is 2. The van der Waals surface area contributed by atoms with Crippen molar-refractivity contribution in [3.63, 3.8) is 0 Å². The van der Waals surface area contributed by atoms with Crippen LogP contribution in [0.5, 0.6) is 5.75 Å². The minimum absolute atomic E-state index is 0.0608. The van der Waals surface area contributed by atoms with Crippen LogP contribution in [0.25, 0.3) is 0 Å². The number of hydrogen-bond acceptors (Lipinski definition) is 5. The summed E-state index contributed by atoms with van der Waals surface area (Å²) in [5.41, 5.74) is 1.27. The topological polar surface area (TPSA) is 70.1 Å². The van der Waals surface area contributed by atoms with Crippen molar-refractivity contribution < 1.29 is 19.5 Å². The second kappa shape index (κ2) is 7.56. The van der Waals surface area contributed by atoms with Crippen LogP contribution in [0.3, 0.4) is 0 Å². The molecule has 2 fully saturated rings. The van der Waals surface area contributed by atoms with Crippen LogP contribution in [0, 0.1) is 5.92 Å². The Balaban J connectivity index is 1.79. The summed E-state index contributed by atoms with van der Waals surface area (Å²) in [6.45, 7) is 2.41. The molecule has 2 heterocycles. The molecule has 3 atom stereocenters. The number of anilines is 1. The maximum absolute atomic E-state index is 13.2. The van der Waals surface area contributed by atoms with Crippen molar-refractivity contribution >= 4 is 33.4 Å². The Morgan fingerprint density at radius 1 is 1.11 bits per heavy atom. The number of imide groups is 1. The lowest BCUT2D eigenvalue weighted by Gasteiger charge is -2.29. The Morgan fingerprint density at radius 2 is 1.86 bits per heavy atom. The van der Waals surface area contributed by atoms with Crippen LogP contribution in [0.4, 0.5) is 5.69 Å². The number of para-hydroxylation sites is 1. The Kier molecular flexibility index (Phi) is 5.12. The van der Waals surface area contributed by atoms with Gasteiger partial charge in [0.05, 0.1) is 11.7 Å². The molecule has 6 nitrogen and oxygen atoms in total. The molecule has 0 spiro atoms. The number of hydroxylamine groups is 1. The van der Waals surface area contributed by atoms with Crippen molar-refractivity contribution in [2.75, 3.05) is 11.6 Å². The van der Waals surface area contributed by atoms with E-state index in [1.807, 2.05) is 37.3 Å². The first-order chi connectivity index (χ1) is 13.5. The summed E-state index contributed by atoms with van der Waals surface area (Å²) in [6.07, 6.45) is 0.763. The van der Waals surface area contributed by atoms with E-state index in [2.05, 4.69) is 15.9 Å². The van der Waals surface area contributed by atoms with Gasteiger partial charge < -0.3 is 5.11 Å². The number of likely N-dealkylation sites (tertiary alicyclic amines) is 1. The number of aromatic hydroxyl groups is 1. The number of unbranched alkanes of at least 4 members (excludes halogenated alkanes) is 1. The van der Waals surface area contributed by atoms with Crippen molar-refractivity contribution in [1.29, 1.82) is 0 Å². The lowest BCUT2D eigenvalue weighted by atomic mass is 9.90. The first-order valence-corrected chi connectivity index (χ1v) is 10.2. The van der Waals surface area contributed by atoms with E-state index < -0.39 is 18.1 Å². The number of benzene rings is 2. The van der Waals surface area contributed by atoms with Crippen molar-refractivity contribution in [2.24, 2.45) is 5.92 Å². The maximum atomic E-state index is 13.2. The van der Waals surface area contributed by atoms with Gasteiger partial charge >= 0.3 is 0 Å². The fourth-order valence-corrected chi connectivity index (χ4v) is 4.26. The molecule has 2 saturated heterocycles. The van der Waals surface area contributed by atoms with Gasteiger partial charge in [-0.2, -0.15) is 0 Å². The average Bonchev–Trinajstić information content (AvgIpc) is 3.20. The second-order valence-corrected chi connectivity index (χ2v) is 7.96. The largest absolute Gasteiger partial charge is 0.508 e. The molecule has 1 N–H and O–H groups in total. The zero-order valence-electron chi connectivity index (χ0n) is 15.4. The zero-order chi connectivity index (χ0) is 19.8. The summed E-state index contributed by atoms with van der Waals surface area (Å²) >= 11 is 3.43. The fraction of sp³-hybridized carbons (Fsp3) is 0.333. The molecule has 2 amide bonds. The molecule has 0 saturated carbocycles. The van der Waals surface area contributed by atoms with Gasteiger partial charge in [-0.15, -0.1) is 0 Å². The molecule has 2 aliphatic rings. The van der Waals surface area contributed by atoms with E-state index in [1.54, 1.807) is 23.3 Å². The van der Waals surface area contributed by atoms with Crippen molar-refractivity contribution in [1.82, 2.24) is 4.90 Å². The van der Waals surface area contributed by atoms with Crippen LogP contribution in [-0.2, 0) is 14.4 Å². The van der Waals surface area contributed by atoms with Gasteiger partial charge in [0.2, 0.25) is 5.91 Å². The maximum Gasteiger partial charge on any atom is 0.261 e. The van der Waals surface area contributed by atoms with Crippen LogP contribution < -0.4 is 5.06 Å². The van der Waals surface area contributed by atoms with Gasteiger partial charge in [-0.05, 0) is 36.8 Å². The molecule has 28 heavy (non-hydrogen) atoms. The van der Waals surface area contributed by atoms with E-state index in [-0.39, 0.29) is 17.6 Å². The Labute approximate surface area is 171 Å². The molecular weight excluding hydrogens is 424 g/mol. The average molecular weight is 445 g/mol. The molecule has 2 aliphatic heterocycles. The standard InChI is InChI=1S/C21H21BrN2O4/c1-2-3-11-23-20(26)17-18(15-12-13(22)9-10-16(15)25)24(28-19(17)21(23)27)14-7-5-4-6-8-14/h4-10,12,17-19,25H,2-3,11H2,1H3/t17-,18-,19-/m1/s1. The first-order valence-electron chi connectivity index (χ1n) is 9.37. The zero-order valence-corrected chi connectivity index (χ0v) is 17.0. The third-order valence-corrected chi connectivity index (χ3v) is 5.75. The normalized spacial score (nSPS) is 24.1. The van der Waals surface area contributed by atoms with Gasteiger partial charge in [0.25, 0.3) is 5.91 Å². The van der Waals surface area contributed by atoms with E-state index >= 15 is 0 Å². The van der Waals surface area contributed by atoms with Crippen LogP contribution in [0.15, 0.2) is 53.0 Å². The molecule has 0 radical (unpaired) electrons. The highest BCUT2D eigenvalue weighted by molar-refractivity contribution is 9.10. The van der Waals surface area contributed by atoms with Crippen molar-refractivity contribution in [2.45, 2.75) is 31.9 Å². The van der Waals surface area contributed by atoms with E-state index in [9.17, 15) is 14.7 Å². The molecule has 2 aromatic rings. The van der Waals surface area contributed by atoms with Gasteiger partial charge in [0.15, 0.2) is 6.10 Å². The lowest BCUT2D eigenvalue weighted by molar-refractivity contribution is -0.143. The number of phenols is 1. The quantitative estimate of drug-likeness (QED) is 0.710. The molecule has 2 aromatic carbocycles. The third kappa shape index (κ3) is 3.08. The van der Waals surface area contributed by atoms with E-state index in [4.69, 9.17) is 4.84 Å². The molecule has 0 aromatic heterocycles. The predicted octanol–water partition coefficient (Wildman–Crippen LogP) is 3.80. The molecule has 0 aliphatic carbocycles. The molecule has 146 valence electrons. The van der Waals surface area contributed by atoms with Gasteiger partial charge in [-0.25, -0.2) is 5.06 Å². The van der Waals surface area contributed by atoms with Gasteiger partial charge in [-0.1, -0.05) is 47.5 Å². The summed E-state index contributed by atoms with van der Waals surface area (Å²) in [6, 6.07) is 13.8. The van der Waals surface area contributed by atoms with Gasteiger partial charge in [-0.3, -0.25) is 19.3 Å². The highest BCUT2D eigenvalue weighted by atomic mass is 79.9. The smallest absolute Gasteiger partial charge is 0.261 e. The number of carbonyl (C=O) groups is 2. The number of amides is 2. The summed E-state index contributed by atoms with van der Waals surface area (Å²) in [4.78, 5) is 33.4. The number of halogens is 1. The van der Waals surface area contributed by atoms with Crippen LogP contribution >= 0.6 is 15.9 Å². The summed E-state index contributed by atoms with van der Waals surface area (Å²) in [7, 11) is 0. The summed E-state index contributed by atoms with van der Waals surface area (Å²) in [5, 5.41) is 12.1. The van der Waals surface area contributed by atoms with Crippen LogP contribution in [0.1, 0.15) is 31.4 Å². The second-order valence-electron chi connectivity index (χ2n) is 7.04. The van der Waals surface area contributed by atoms with E-state index in [0.717, 1.165) is 23.0 Å². The first kappa shape index (κ1) is 19.0. The minimum Gasteiger partial charge on any atom is -0.508 e. The Bertz CT molecular complexity index is 905. The Morgan fingerprint density at radius 3 is 2.57 bits per heavy atom. The number of phenolic OH excluding ortho intramolecular Hbond substituents is 1. The van der Waals surface area contributed by atoms with Gasteiger partial charge in [0, 0.05) is 16.6 Å². The van der Waals surface area contributed by atoms with Gasteiger partial charge in [0.1, 0.15) is 11.7 Å². The van der Waals surface area contributed by atoms with E-state index in [1.165, 1.54) is 4.90 Å².